The lowest BCUT2D eigenvalue weighted by Crippen LogP contribution is -2.60. The maximum absolute atomic E-state index is 14.1. The molecule has 0 aliphatic carbocycles. The summed E-state index contributed by atoms with van der Waals surface area (Å²) in [6.07, 6.45) is -0.982. The average molecular weight is 551 g/mol. The molecule has 39 heavy (non-hydrogen) atoms. The lowest BCUT2D eigenvalue weighted by molar-refractivity contribution is -0.0411. The number of amides is 3. The number of carbonyl (C=O) groups is 3. The highest BCUT2D eigenvalue weighted by Gasteiger charge is 2.41. The van der Waals surface area contributed by atoms with Crippen LogP contribution in [0.25, 0.3) is 0 Å². The van der Waals surface area contributed by atoms with Gasteiger partial charge in [0.15, 0.2) is 0 Å². The van der Waals surface area contributed by atoms with Gasteiger partial charge in [0.2, 0.25) is 0 Å². The Morgan fingerprint density at radius 3 is 2.08 bits per heavy atom. The molecule has 7 nitrogen and oxygen atoms in total. The van der Waals surface area contributed by atoms with Crippen LogP contribution in [0.5, 0.6) is 5.75 Å². The molecule has 0 heterocycles. The summed E-state index contributed by atoms with van der Waals surface area (Å²) in [4.78, 5) is 41.9. The second kappa shape index (κ2) is 11.9. The van der Waals surface area contributed by atoms with Gasteiger partial charge in [0.05, 0.1) is 12.6 Å². The van der Waals surface area contributed by atoms with Crippen LogP contribution in [0.3, 0.4) is 0 Å². The van der Waals surface area contributed by atoms with Crippen LogP contribution in [0.15, 0.2) is 54.6 Å². The lowest BCUT2D eigenvalue weighted by atomic mass is 10.0. The van der Waals surface area contributed by atoms with Crippen LogP contribution in [0.4, 0.5) is 4.79 Å². The van der Waals surface area contributed by atoms with Crippen molar-refractivity contribution in [2.75, 3.05) is 7.11 Å². The molecule has 0 bridgehead atoms. The molecule has 206 valence electrons. The van der Waals surface area contributed by atoms with Crippen LogP contribution in [0.1, 0.15) is 69.3 Å². The number of imide groups is 1. The van der Waals surface area contributed by atoms with Gasteiger partial charge in [-0.3, -0.25) is 9.59 Å². The smallest absolute Gasteiger partial charge is 0.436 e. The summed E-state index contributed by atoms with van der Waals surface area (Å²) in [6.45, 7) is 12.5. The molecule has 0 N–H and O–H groups in total. The third-order valence-corrected chi connectivity index (χ3v) is 6.49. The van der Waals surface area contributed by atoms with E-state index in [9.17, 15) is 14.4 Å². The van der Waals surface area contributed by atoms with E-state index in [2.05, 4.69) is 0 Å². The molecule has 0 aliphatic rings. The second-order valence-corrected chi connectivity index (χ2v) is 11.0. The van der Waals surface area contributed by atoms with Crippen molar-refractivity contribution in [1.29, 1.82) is 0 Å². The molecule has 3 rings (SSSR count). The van der Waals surface area contributed by atoms with Gasteiger partial charge in [0.1, 0.15) is 12.4 Å². The van der Waals surface area contributed by atoms with E-state index < -0.39 is 23.4 Å². The van der Waals surface area contributed by atoms with Crippen molar-refractivity contribution in [3.8, 4) is 5.75 Å². The number of hydrazine groups is 1. The van der Waals surface area contributed by atoms with E-state index >= 15 is 0 Å². The minimum absolute atomic E-state index is 0.113. The zero-order valence-electron chi connectivity index (χ0n) is 23.7. The molecule has 0 aliphatic heterocycles. The molecule has 0 radical (unpaired) electrons. The number of hydrogen-bond donors (Lipinski definition) is 0. The molecular weight excluding hydrogens is 516 g/mol. The predicted molar refractivity (Wildman–Crippen MR) is 152 cm³/mol. The third kappa shape index (κ3) is 6.79. The number of hydrogen-bond acceptors (Lipinski definition) is 5. The van der Waals surface area contributed by atoms with Crippen molar-refractivity contribution in [1.82, 2.24) is 10.0 Å². The van der Waals surface area contributed by atoms with E-state index in [1.165, 1.54) is 12.1 Å². The van der Waals surface area contributed by atoms with Crippen molar-refractivity contribution in [3.05, 3.63) is 98.6 Å². The van der Waals surface area contributed by atoms with Gasteiger partial charge in [0, 0.05) is 21.7 Å². The maximum atomic E-state index is 14.1. The standard InChI is InChI=1S/C31H35ClN2O5/c1-19-14-20(2)16-24(15-19)28(35)34(31(5,6)7)33(29(36)26-10-9-11-27(38-8)22(26)4)30(37)39-18-23-12-13-25(32)17-21(23)3/h9-17H,18H2,1-8H3. The zero-order chi connectivity index (χ0) is 29.1. The summed E-state index contributed by atoms with van der Waals surface area (Å²) in [5.74, 6) is -0.742. The SMILES string of the molecule is COc1cccc(C(=O)N(C(=O)OCc2ccc(Cl)cc2C)N(C(=O)c2cc(C)cc(C)c2)C(C)(C)C)c1C. The Bertz CT molecular complexity index is 1390. The molecule has 0 saturated carbocycles. The Labute approximate surface area is 235 Å². The Morgan fingerprint density at radius 2 is 1.51 bits per heavy atom. The van der Waals surface area contributed by atoms with Crippen LogP contribution in [-0.4, -0.2) is 40.6 Å². The van der Waals surface area contributed by atoms with Gasteiger partial charge in [-0.2, -0.15) is 0 Å². The first-order chi connectivity index (χ1) is 18.2. The fourth-order valence-corrected chi connectivity index (χ4v) is 4.60. The minimum Gasteiger partial charge on any atom is -0.496 e. The van der Waals surface area contributed by atoms with Gasteiger partial charge < -0.3 is 9.47 Å². The second-order valence-electron chi connectivity index (χ2n) is 10.5. The molecule has 0 atom stereocenters. The number of halogens is 1. The Hall–Kier alpha value is -3.84. The normalized spacial score (nSPS) is 11.1. The van der Waals surface area contributed by atoms with E-state index in [4.69, 9.17) is 21.1 Å². The molecule has 3 amide bonds. The maximum Gasteiger partial charge on any atom is 0.436 e. The molecule has 0 fully saturated rings. The number of carbonyl (C=O) groups excluding carboxylic acids is 3. The van der Waals surface area contributed by atoms with E-state index in [1.807, 2.05) is 26.8 Å². The number of nitrogens with zero attached hydrogens (tertiary/aromatic N) is 2. The molecule has 0 spiro atoms. The Kier molecular flexibility index (Phi) is 9.07. The Morgan fingerprint density at radius 1 is 0.872 bits per heavy atom. The third-order valence-electron chi connectivity index (χ3n) is 6.25. The molecular formula is C31H35ClN2O5. The van der Waals surface area contributed by atoms with E-state index in [0.717, 1.165) is 27.3 Å². The number of rotatable bonds is 5. The highest BCUT2D eigenvalue weighted by atomic mass is 35.5. The first-order valence-corrected chi connectivity index (χ1v) is 12.9. The summed E-state index contributed by atoms with van der Waals surface area (Å²) in [5.41, 5.74) is 3.43. The highest BCUT2D eigenvalue weighted by Crippen LogP contribution is 2.28. The fourth-order valence-electron chi connectivity index (χ4n) is 4.37. The van der Waals surface area contributed by atoms with Crippen molar-refractivity contribution in [3.63, 3.8) is 0 Å². The van der Waals surface area contributed by atoms with Gasteiger partial charge >= 0.3 is 6.09 Å². The van der Waals surface area contributed by atoms with Crippen molar-refractivity contribution < 1.29 is 23.9 Å². The zero-order valence-corrected chi connectivity index (χ0v) is 24.5. The van der Waals surface area contributed by atoms with Crippen LogP contribution in [-0.2, 0) is 11.3 Å². The van der Waals surface area contributed by atoms with E-state index in [1.54, 1.807) is 76.2 Å². The monoisotopic (exact) mass is 550 g/mol. The largest absolute Gasteiger partial charge is 0.496 e. The van der Waals surface area contributed by atoms with Gasteiger partial charge in [-0.1, -0.05) is 40.9 Å². The molecule has 8 heteroatoms. The van der Waals surface area contributed by atoms with E-state index in [-0.39, 0.29) is 12.2 Å². The van der Waals surface area contributed by atoms with E-state index in [0.29, 0.717) is 21.9 Å². The molecule has 0 aromatic heterocycles. The molecule has 3 aromatic carbocycles. The number of aryl methyl sites for hydroxylation is 3. The number of ether oxygens (including phenoxy) is 2. The summed E-state index contributed by atoms with van der Waals surface area (Å²) >= 11 is 6.07. The highest BCUT2D eigenvalue weighted by molar-refractivity contribution is 6.30. The van der Waals surface area contributed by atoms with Crippen LogP contribution in [0, 0.1) is 27.7 Å². The summed E-state index contributed by atoms with van der Waals surface area (Å²) in [5, 5.41) is 2.53. The quantitative estimate of drug-likeness (QED) is 0.313. The molecule has 0 unspecified atom stereocenters. The summed E-state index contributed by atoms with van der Waals surface area (Å²) in [6, 6.07) is 15.6. The lowest BCUT2D eigenvalue weighted by Gasteiger charge is -2.41. The van der Waals surface area contributed by atoms with Crippen LogP contribution < -0.4 is 4.74 Å². The number of benzene rings is 3. The topological polar surface area (TPSA) is 76.2 Å². The first kappa shape index (κ1) is 29.7. The fraction of sp³-hybridized carbons (Fsp3) is 0.323. The summed E-state index contributed by atoms with van der Waals surface area (Å²) in [7, 11) is 1.50. The van der Waals surface area contributed by atoms with Gasteiger partial charge in [-0.15, -0.1) is 5.01 Å². The van der Waals surface area contributed by atoms with Crippen LogP contribution >= 0.6 is 11.6 Å². The Balaban J connectivity index is 2.13. The predicted octanol–water partition coefficient (Wildman–Crippen LogP) is 7.22. The van der Waals surface area contributed by atoms with Crippen molar-refractivity contribution in [2.24, 2.45) is 0 Å². The van der Waals surface area contributed by atoms with Gasteiger partial charge in [0.25, 0.3) is 11.8 Å². The summed E-state index contributed by atoms with van der Waals surface area (Å²) < 4.78 is 11.1. The van der Waals surface area contributed by atoms with Crippen molar-refractivity contribution >= 4 is 29.5 Å². The van der Waals surface area contributed by atoms with Crippen molar-refractivity contribution in [2.45, 2.75) is 60.6 Å². The van der Waals surface area contributed by atoms with Gasteiger partial charge in [-0.25, -0.2) is 9.80 Å². The van der Waals surface area contributed by atoms with Gasteiger partial charge in [-0.05, 0) is 96.0 Å². The van der Waals surface area contributed by atoms with Crippen LogP contribution in [0.2, 0.25) is 5.02 Å². The number of methoxy groups -OCH3 is 1. The molecule has 0 saturated heterocycles. The minimum atomic E-state index is -0.982. The average Bonchev–Trinajstić information content (AvgIpc) is 2.84. The molecule has 3 aromatic rings. The first-order valence-electron chi connectivity index (χ1n) is 12.6.